The van der Waals surface area contributed by atoms with Gasteiger partial charge in [0.1, 0.15) is 0 Å². The monoisotopic (exact) mass is 359 g/mol. The minimum atomic E-state index is 0.590. The first-order valence-electron chi connectivity index (χ1n) is 10.2. The number of benzene rings is 2. The first-order chi connectivity index (χ1) is 13.4. The number of likely N-dealkylation sites (tertiary alicyclic amines) is 1. The second-order valence-corrected chi connectivity index (χ2v) is 7.62. The third-order valence-corrected chi connectivity index (χ3v) is 5.64. The Hall–Kier alpha value is -2.23. The van der Waals surface area contributed by atoms with Gasteiger partial charge in [0.25, 0.3) is 0 Å². The van der Waals surface area contributed by atoms with E-state index in [4.69, 9.17) is 0 Å². The van der Waals surface area contributed by atoms with E-state index in [1.807, 2.05) is 12.4 Å². The Morgan fingerprint density at radius 1 is 1.04 bits per heavy atom. The number of aromatic nitrogens is 1. The largest absolute Gasteiger partial charge is 0.309 e. The van der Waals surface area contributed by atoms with Crippen LogP contribution in [-0.4, -0.2) is 35.6 Å². The summed E-state index contributed by atoms with van der Waals surface area (Å²) in [6, 6.07) is 20.1. The lowest BCUT2D eigenvalue weighted by atomic mass is 10.0. The molecular formula is C24H29N3. The van der Waals surface area contributed by atoms with Crippen LogP contribution in [0.15, 0.2) is 67.0 Å². The van der Waals surface area contributed by atoms with Gasteiger partial charge in [-0.25, -0.2) is 0 Å². The zero-order valence-corrected chi connectivity index (χ0v) is 16.0. The fourth-order valence-corrected chi connectivity index (χ4v) is 4.17. The summed E-state index contributed by atoms with van der Waals surface area (Å²) in [7, 11) is 0. The molecule has 1 fully saturated rings. The maximum atomic E-state index is 4.24. The van der Waals surface area contributed by atoms with E-state index in [1.165, 1.54) is 67.2 Å². The zero-order valence-electron chi connectivity index (χ0n) is 16.0. The number of nitrogens with one attached hydrogen (secondary N) is 1. The van der Waals surface area contributed by atoms with Crippen molar-refractivity contribution in [3.8, 4) is 0 Å². The van der Waals surface area contributed by atoms with Gasteiger partial charge in [0.2, 0.25) is 0 Å². The molecule has 0 saturated carbocycles. The Balaban J connectivity index is 1.27. The van der Waals surface area contributed by atoms with Crippen LogP contribution in [0.5, 0.6) is 0 Å². The summed E-state index contributed by atoms with van der Waals surface area (Å²) in [4.78, 5) is 6.87. The molecule has 0 amide bonds. The highest BCUT2D eigenvalue weighted by atomic mass is 15.2. The summed E-state index contributed by atoms with van der Waals surface area (Å²) in [5.41, 5.74) is 2.82. The van der Waals surface area contributed by atoms with Gasteiger partial charge in [0, 0.05) is 36.9 Å². The lowest BCUT2D eigenvalue weighted by molar-refractivity contribution is 0.188. The molecule has 1 atom stereocenters. The molecule has 3 heteroatoms. The summed E-state index contributed by atoms with van der Waals surface area (Å²) < 4.78 is 0. The number of pyridine rings is 1. The first-order valence-corrected chi connectivity index (χ1v) is 10.2. The molecule has 2 aromatic carbocycles. The number of nitrogens with zero attached hydrogens (tertiary/aromatic N) is 2. The van der Waals surface area contributed by atoms with Crippen LogP contribution < -0.4 is 5.32 Å². The van der Waals surface area contributed by atoms with Gasteiger partial charge < -0.3 is 10.2 Å². The summed E-state index contributed by atoms with van der Waals surface area (Å²) in [6.07, 6.45) is 8.84. The predicted octanol–water partition coefficient (Wildman–Crippen LogP) is 4.42. The van der Waals surface area contributed by atoms with Gasteiger partial charge in [-0.3, -0.25) is 4.98 Å². The minimum Gasteiger partial charge on any atom is -0.309 e. The van der Waals surface area contributed by atoms with Crippen LogP contribution in [0.25, 0.3) is 10.8 Å². The van der Waals surface area contributed by atoms with Crippen LogP contribution in [0.4, 0.5) is 0 Å². The molecule has 0 aliphatic carbocycles. The van der Waals surface area contributed by atoms with E-state index in [2.05, 4.69) is 69.8 Å². The molecule has 3 aromatic rings. The third kappa shape index (κ3) is 4.94. The molecule has 0 radical (unpaired) electrons. The van der Waals surface area contributed by atoms with Crippen molar-refractivity contribution >= 4 is 10.8 Å². The summed E-state index contributed by atoms with van der Waals surface area (Å²) in [5, 5.41) is 6.35. The summed E-state index contributed by atoms with van der Waals surface area (Å²) in [6.45, 7) is 4.55. The Morgan fingerprint density at radius 3 is 2.89 bits per heavy atom. The highest BCUT2D eigenvalue weighted by molar-refractivity contribution is 5.84. The Kier molecular flexibility index (Phi) is 6.13. The number of hydrogen-bond acceptors (Lipinski definition) is 3. The van der Waals surface area contributed by atoms with Crippen LogP contribution in [0.3, 0.4) is 0 Å². The molecule has 1 aliphatic heterocycles. The first kappa shape index (κ1) is 18.1. The maximum Gasteiger partial charge on any atom is 0.0346 e. The van der Waals surface area contributed by atoms with Gasteiger partial charge in [-0.1, -0.05) is 48.5 Å². The number of rotatable bonds is 7. The maximum absolute atomic E-state index is 4.24. The molecular weight excluding hydrogens is 330 g/mol. The van der Waals surface area contributed by atoms with Gasteiger partial charge in [-0.15, -0.1) is 0 Å². The lowest BCUT2D eigenvalue weighted by Crippen LogP contribution is -2.45. The predicted molar refractivity (Wildman–Crippen MR) is 113 cm³/mol. The van der Waals surface area contributed by atoms with E-state index in [1.54, 1.807) is 0 Å². The highest BCUT2D eigenvalue weighted by Gasteiger charge is 2.19. The minimum absolute atomic E-state index is 0.590. The summed E-state index contributed by atoms with van der Waals surface area (Å²) in [5.74, 6) is 0. The van der Waals surface area contributed by atoms with Crippen molar-refractivity contribution in [3.63, 3.8) is 0 Å². The van der Waals surface area contributed by atoms with E-state index in [9.17, 15) is 0 Å². The molecule has 1 unspecified atom stereocenters. The van der Waals surface area contributed by atoms with E-state index >= 15 is 0 Å². The van der Waals surface area contributed by atoms with Crippen molar-refractivity contribution in [2.45, 2.75) is 38.3 Å². The van der Waals surface area contributed by atoms with Gasteiger partial charge in [0.15, 0.2) is 0 Å². The van der Waals surface area contributed by atoms with E-state index in [0.29, 0.717) is 6.04 Å². The fraction of sp³-hybridized carbons (Fsp3) is 0.375. The van der Waals surface area contributed by atoms with E-state index < -0.39 is 0 Å². The second kappa shape index (κ2) is 9.12. The van der Waals surface area contributed by atoms with Crippen LogP contribution >= 0.6 is 0 Å². The van der Waals surface area contributed by atoms with Crippen LogP contribution in [0.1, 0.15) is 30.4 Å². The number of aryl methyl sites for hydroxylation is 1. The standard InChI is InChI=1S/C24H29N3/c1-2-7-20(8-3-1)9-5-15-27-16-6-12-23(19-27)26-18-22-11-4-10-21-17-25-14-13-24(21)22/h1-4,7-8,10-11,13-14,17,23,26H,5-6,9,12,15-16,18-19H2. The molecule has 1 saturated heterocycles. The lowest BCUT2D eigenvalue weighted by Gasteiger charge is -2.33. The summed E-state index contributed by atoms with van der Waals surface area (Å²) >= 11 is 0. The van der Waals surface area contributed by atoms with Gasteiger partial charge in [-0.05, 0) is 61.4 Å². The van der Waals surface area contributed by atoms with Crippen LogP contribution in [0, 0.1) is 0 Å². The van der Waals surface area contributed by atoms with Crippen molar-refractivity contribution in [2.24, 2.45) is 0 Å². The van der Waals surface area contributed by atoms with Gasteiger partial charge in [-0.2, -0.15) is 0 Å². The second-order valence-electron chi connectivity index (χ2n) is 7.62. The van der Waals surface area contributed by atoms with Crippen molar-refractivity contribution in [2.75, 3.05) is 19.6 Å². The van der Waals surface area contributed by atoms with Crippen LogP contribution in [0.2, 0.25) is 0 Å². The number of hydrogen-bond donors (Lipinski definition) is 1. The normalized spacial score (nSPS) is 18.0. The Bertz CT molecular complexity index is 841. The quantitative estimate of drug-likeness (QED) is 0.677. The topological polar surface area (TPSA) is 28.2 Å². The fourth-order valence-electron chi connectivity index (χ4n) is 4.17. The van der Waals surface area contributed by atoms with Gasteiger partial charge >= 0.3 is 0 Å². The molecule has 0 bridgehead atoms. The van der Waals surface area contributed by atoms with E-state index in [-0.39, 0.29) is 0 Å². The SMILES string of the molecule is c1ccc(CCCN2CCCC(NCc3cccc4cnccc34)C2)cc1. The van der Waals surface area contributed by atoms with Crippen LogP contribution in [-0.2, 0) is 13.0 Å². The average molecular weight is 360 g/mol. The van der Waals surface area contributed by atoms with Gasteiger partial charge in [0.05, 0.1) is 0 Å². The van der Waals surface area contributed by atoms with Crippen molar-refractivity contribution in [3.05, 3.63) is 78.1 Å². The number of piperidine rings is 1. The molecule has 1 aromatic heterocycles. The molecule has 0 spiro atoms. The number of fused-ring (bicyclic) bond motifs is 1. The van der Waals surface area contributed by atoms with E-state index in [0.717, 1.165) is 6.54 Å². The zero-order chi connectivity index (χ0) is 18.3. The molecule has 1 N–H and O–H groups in total. The van der Waals surface area contributed by atoms with Crippen molar-refractivity contribution < 1.29 is 0 Å². The third-order valence-electron chi connectivity index (χ3n) is 5.64. The molecule has 4 rings (SSSR count). The molecule has 2 heterocycles. The highest BCUT2D eigenvalue weighted by Crippen LogP contribution is 2.18. The van der Waals surface area contributed by atoms with Crippen molar-refractivity contribution in [1.82, 2.24) is 15.2 Å². The molecule has 3 nitrogen and oxygen atoms in total. The Morgan fingerprint density at radius 2 is 1.96 bits per heavy atom. The average Bonchev–Trinajstić information content (AvgIpc) is 2.73. The Labute approximate surface area is 162 Å². The molecule has 27 heavy (non-hydrogen) atoms. The molecule has 140 valence electrons. The molecule has 1 aliphatic rings. The smallest absolute Gasteiger partial charge is 0.0346 e. The van der Waals surface area contributed by atoms with Crippen molar-refractivity contribution in [1.29, 1.82) is 0 Å².